The van der Waals surface area contributed by atoms with Crippen molar-refractivity contribution in [2.75, 3.05) is 18.9 Å². The first-order chi connectivity index (χ1) is 12.4. The number of ether oxygens (including phenoxy) is 2. The summed E-state index contributed by atoms with van der Waals surface area (Å²) in [7, 11) is -0.898. The second-order valence-electron chi connectivity index (χ2n) is 5.94. The number of carbonyl (C=O) groups excluding carboxylic acids is 1. The predicted molar refractivity (Wildman–Crippen MR) is 97.3 cm³/mol. The van der Waals surface area contributed by atoms with Gasteiger partial charge in [-0.2, -0.15) is 0 Å². The summed E-state index contributed by atoms with van der Waals surface area (Å²) >= 11 is 0. The SMILES string of the molecule is COc1ccc(OC)c(NS(=O)(=O)c2ccc(C(=O)NC3CC3)cc2)c1. The number of benzene rings is 2. The number of amides is 1. The number of hydrogen-bond donors (Lipinski definition) is 2. The summed E-state index contributed by atoms with van der Waals surface area (Å²) in [4.78, 5) is 12.0. The van der Waals surface area contributed by atoms with E-state index in [0.29, 0.717) is 17.1 Å². The van der Waals surface area contributed by atoms with Crippen LogP contribution in [-0.4, -0.2) is 34.6 Å². The van der Waals surface area contributed by atoms with E-state index in [4.69, 9.17) is 9.47 Å². The van der Waals surface area contributed by atoms with Crippen molar-refractivity contribution >= 4 is 21.6 Å². The molecule has 138 valence electrons. The fraction of sp³-hybridized carbons (Fsp3) is 0.278. The molecule has 2 aromatic carbocycles. The molecule has 1 aliphatic carbocycles. The van der Waals surface area contributed by atoms with Gasteiger partial charge in [-0.25, -0.2) is 8.42 Å². The number of anilines is 1. The Bertz CT molecular complexity index is 906. The molecule has 2 N–H and O–H groups in total. The highest BCUT2D eigenvalue weighted by molar-refractivity contribution is 7.92. The van der Waals surface area contributed by atoms with E-state index >= 15 is 0 Å². The molecule has 0 spiro atoms. The summed E-state index contributed by atoms with van der Waals surface area (Å²) in [5, 5.41) is 2.86. The summed E-state index contributed by atoms with van der Waals surface area (Å²) in [6.45, 7) is 0. The highest BCUT2D eigenvalue weighted by atomic mass is 32.2. The Kier molecular flexibility index (Phi) is 5.03. The standard InChI is InChI=1S/C18H20N2O5S/c1-24-14-7-10-17(25-2)16(11-14)20-26(22,23)15-8-3-12(4-9-15)18(21)19-13-5-6-13/h3-4,7-11,13,20H,5-6H2,1-2H3,(H,19,21). The first-order valence-corrected chi connectivity index (χ1v) is 9.57. The largest absolute Gasteiger partial charge is 0.497 e. The third-order valence-electron chi connectivity index (χ3n) is 3.99. The van der Waals surface area contributed by atoms with Crippen molar-refractivity contribution in [1.82, 2.24) is 5.32 Å². The molecule has 7 nitrogen and oxygen atoms in total. The summed E-state index contributed by atoms with van der Waals surface area (Å²) in [6.07, 6.45) is 1.98. The van der Waals surface area contributed by atoms with Gasteiger partial charge < -0.3 is 14.8 Å². The Balaban J connectivity index is 1.80. The number of hydrogen-bond acceptors (Lipinski definition) is 5. The smallest absolute Gasteiger partial charge is 0.262 e. The Morgan fingerprint density at radius 3 is 2.31 bits per heavy atom. The lowest BCUT2D eigenvalue weighted by molar-refractivity contribution is 0.0951. The van der Waals surface area contributed by atoms with Gasteiger partial charge in [0.05, 0.1) is 24.8 Å². The van der Waals surface area contributed by atoms with Crippen molar-refractivity contribution in [2.45, 2.75) is 23.8 Å². The van der Waals surface area contributed by atoms with Crippen LogP contribution in [0.15, 0.2) is 47.4 Å². The first-order valence-electron chi connectivity index (χ1n) is 8.09. The van der Waals surface area contributed by atoms with Gasteiger partial charge in [0.1, 0.15) is 11.5 Å². The van der Waals surface area contributed by atoms with Crippen molar-refractivity contribution in [3.05, 3.63) is 48.0 Å². The summed E-state index contributed by atoms with van der Waals surface area (Å²) in [6, 6.07) is 10.9. The van der Waals surface area contributed by atoms with Gasteiger partial charge >= 0.3 is 0 Å². The lowest BCUT2D eigenvalue weighted by Gasteiger charge is -2.13. The van der Waals surface area contributed by atoms with Crippen molar-refractivity contribution in [2.24, 2.45) is 0 Å². The number of methoxy groups -OCH3 is 2. The van der Waals surface area contributed by atoms with E-state index in [1.807, 2.05) is 0 Å². The van der Waals surface area contributed by atoms with Crippen LogP contribution in [-0.2, 0) is 10.0 Å². The fourth-order valence-corrected chi connectivity index (χ4v) is 3.44. The molecule has 0 aliphatic heterocycles. The summed E-state index contributed by atoms with van der Waals surface area (Å²) in [5.41, 5.74) is 0.692. The van der Waals surface area contributed by atoms with Gasteiger partial charge in [-0.15, -0.1) is 0 Å². The van der Waals surface area contributed by atoms with Crippen LogP contribution in [0.2, 0.25) is 0 Å². The Morgan fingerprint density at radius 1 is 1.04 bits per heavy atom. The zero-order valence-electron chi connectivity index (χ0n) is 14.5. The molecule has 0 heterocycles. The maximum Gasteiger partial charge on any atom is 0.262 e. The van der Waals surface area contributed by atoms with E-state index in [9.17, 15) is 13.2 Å². The van der Waals surface area contributed by atoms with E-state index in [0.717, 1.165) is 12.8 Å². The second-order valence-corrected chi connectivity index (χ2v) is 7.63. The molecule has 1 aliphatic rings. The van der Waals surface area contributed by atoms with Crippen LogP contribution in [0.1, 0.15) is 23.2 Å². The molecule has 26 heavy (non-hydrogen) atoms. The van der Waals surface area contributed by atoms with Gasteiger partial charge in [-0.3, -0.25) is 9.52 Å². The minimum absolute atomic E-state index is 0.0466. The Labute approximate surface area is 152 Å². The van der Waals surface area contributed by atoms with Crippen LogP contribution in [0.25, 0.3) is 0 Å². The second kappa shape index (κ2) is 7.25. The maximum absolute atomic E-state index is 12.6. The number of carbonyl (C=O) groups is 1. The highest BCUT2D eigenvalue weighted by Gasteiger charge is 2.24. The van der Waals surface area contributed by atoms with Crippen molar-refractivity contribution in [3.8, 4) is 11.5 Å². The molecule has 1 amide bonds. The van der Waals surface area contributed by atoms with Crippen LogP contribution in [0.3, 0.4) is 0 Å². The fourth-order valence-electron chi connectivity index (χ4n) is 2.38. The third kappa shape index (κ3) is 4.08. The average molecular weight is 376 g/mol. The van der Waals surface area contributed by atoms with E-state index in [2.05, 4.69) is 10.0 Å². The molecule has 0 aromatic heterocycles. The molecular weight excluding hydrogens is 356 g/mol. The van der Waals surface area contributed by atoms with Gasteiger partial charge in [0.25, 0.3) is 15.9 Å². The van der Waals surface area contributed by atoms with Gasteiger partial charge in [-0.1, -0.05) is 0 Å². The van der Waals surface area contributed by atoms with Crippen LogP contribution in [0.5, 0.6) is 11.5 Å². The molecule has 8 heteroatoms. The number of nitrogens with one attached hydrogen (secondary N) is 2. The number of rotatable bonds is 7. The summed E-state index contributed by atoms with van der Waals surface area (Å²) < 4.78 is 38.0. The molecule has 0 saturated heterocycles. The quantitative estimate of drug-likeness (QED) is 0.774. The zero-order chi connectivity index (χ0) is 18.7. The van der Waals surface area contributed by atoms with Crippen molar-refractivity contribution in [3.63, 3.8) is 0 Å². The van der Waals surface area contributed by atoms with E-state index < -0.39 is 10.0 Å². The number of sulfonamides is 1. The van der Waals surface area contributed by atoms with Gasteiger partial charge in [-0.05, 0) is 49.2 Å². The Morgan fingerprint density at radius 2 is 1.73 bits per heavy atom. The molecule has 1 saturated carbocycles. The monoisotopic (exact) mass is 376 g/mol. The molecule has 0 radical (unpaired) electrons. The van der Waals surface area contributed by atoms with E-state index in [1.54, 1.807) is 12.1 Å². The molecule has 3 rings (SSSR count). The first kappa shape index (κ1) is 18.1. The zero-order valence-corrected chi connectivity index (χ0v) is 15.3. The van der Waals surface area contributed by atoms with E-state index in [-0.39, 0.29) is 22.5 Å². The van der Waals surface area contributed by atoms with Crippen LogP contribution < -0.4 is 19.5 Å². The third-order valence-corrected chi connectivity index (χ3v) is 5.37. The van der Waals surface area contributed by atoms with Crippen molar-refractivity contribution < 1.29 is 22.7 Å². The highest BCUT2D eigenvalue weighted by Crippen LogP contribution is 2.31. The van der Waals surface area contributed by atoms with Gasteiger partial charge in [0.2, 0.25) is 0 Å². The Hall–Kier alpha value is -2.74. The van der Waals surface area contributed by atoms with E-state index in [1.165, 1.54) is 44.6 Å². The minimum atomic E-state index is -3.84. The normalized spacial score (nSPS) is 13.8. The lowest BCUT2D eigenvalue weighted by atomic mass is 10.2. The van der Waals surface area contributed by atoms with Crippen LogP contribution >= 0.6 is 0 Å². The average Bonchev–Trinajstić information content (AvgIpc) is 3.45. The molecule has 1 fully saturated rings. The van der Waals surface area contributed by atoms with Crippen LogP contribution in [0, 0.1) is 0 Å². The molecule has 0 atom stereocenters. The molecular formula is C18H20N2O5S. The maximum atomic E-state index is 12.6. The van der Waals surface area contributed by atoms with Gasteiger partial charge in [0, 0.05) is 17.7 Å². The molecule has 0 unspecified atom stereocenters. The molecule has 0 bridgehead atoms. The van der Waals surface area contributed by atoms with Crippen LogP contribution in [0.4, 0.5) is 5.69 Å². The topological polar surface area (TPSA) is 93.7 Å². The predicted octanol–water partition coefficient (Wildman–Crippen LogP) is 2.40. The van der Waals surface area contributed by atoms with Crippen molar-refractivity contribution in [1.29, 1.82) is 0 Å². The van der Waals surface area contributed by atoms with Gasteiger partial charge in [0.15, 0.2) is 0 Å². The lowest BCUT2D eigenvalue weighted by Crippen LogP contribution is -2.25. The minimum Gasteiger partial charge on any atom is -0.497 e. The molecule has 2 aromatic rings. The summed E-state index contributed by atoms with van der Waals surface area (Å²) in [5.74, 6) is 0.671.